The highest BCUT2D eigenvalue weighted by Crippen LogP contribution is 2.13. The third-order valence-corrected chi connectivity index (χ3v) is 4.38. The summed E-state index contributed by atoms with van der Waals surface area (Å²) in [4.78, 5) is 3.94. The third kappa shape index (κ3) is 3.96. The Labute approximate surface area is 112 Å². The molecule has 19 heavy (non-hydrogen) atoms. The standard InChI is InChI=1S/C10H19N5O3S/c1-8-5-15(6-9(2)18-8)19(16,17)13-4-3-10-11-7-12-14-10/h7-9,13H,3-6H2,1-2H3,(H,11,12,14). The predicted octanol–water partition coefficient (Wildman–Crippen LogP) is -0.709. The third-order valence-electron chi connectivity index (χ3n) is 2.84. The molecule has 2 N–H and O–H groups in total. The van der Waals surface area contributed by atoms with Crippen molar-refractivity contribution in [2.24, 2.45) is 0 Å². The molecule has 2 rings (SSSR count). The SMILES string of the molecule is CC1CN(S(=O)(=O)NCCc2ncn[nH]2)CC(C)O1. The van der Waals surface area contributed by atoms with E-state index in [4.69, 9.17) is 4.74 Å². The highest BCUT2D eigenvalue weighted by Gasteiger charge is 2.30. The van der Waals surface area contributed by atoms with E-state index >= 15 is 0 Å². The fraction of sp³-hybridized carbons (Fsp3) is 0.800. The van der Waals surface area contributed by atoms with Gasteiger partial charge in [0.05, 0.1) is 12.2 Å². The van der Waals surface area contributed by atoms with Gasteiger partial charge in [0.1, 0.15) is 12.2 Å². The highest BCUT2D eigenvalue weighted by atomic mass is 32.2. The van der Waals surface area contributed by atoms with Crippen molar-refractivity contribution in [1.82, 2.24) is 24.2 Å². The molecule has 2 heterocycles. The minimum Gasteiger partial charge on any atom is -0.373 e. The first-order valence-electron chi connectivity index (χ1n) is 6.22. The number of rotatable bonds is 5. The van der Waals surface area contributed by atoms with Gasteiger partial charge in [0.2, 0.25) is 0 Å². The Balaban J connectivity index is 1.87. The lowest BCUT2D eigenvalue weighted by atomic mass is 10.3. The number of nitrogens with one attached hydrogen (secondary N) is 2. The number of hydrogen-bond acceptors (Lipinski definition) is 5. The average Bonchev–Trinajstić information content (AvgIpc) is 2.80. The molecule has 2 atom stereocenters. The van der Waals surface area contributed by atoms with Gasteiger partial charge in [0.25, 0.3) is 10.2 Å². The lowest BCUT2D eigenvalue weighted by molar-refractivity contribution is -0.0443. The molecule has 0 aromatic carbocycles. The predicted molar refractivity (Wildman–Crippen MR) is 68.6 cm³/mol. The van der Waals surface area contributed by atoms with Crippen LogP contribution in [0, 0.1) is 0 Å². The lowest BCUT2D eigenvalue weighted by Crippen LogP contribution is -2.52. The fourth-order valence-corrected chi connectivity index (χ4v) is 3.42. The van der Waals surface area contributed by atoms with E-state index in [1.807, 2.05) is 13.8 Å². The number of ether oxygens (including phenoxy) is 1. The smallest absolute Gasteiger partial charge is 0.279 e. The van der Waals surface area contributed by atoms with E-state index in [1.165, 1.54) is 10.6 Å². The Morgan fingerprint density at radius 2 is 2.16 bits per heavy atom. The van der Waals surface area contributed by atoms with Gasteiger partial charge in [-0.25, -0.2) is 9.71 Å². The van der Waals surface area contributed by atoms with Crippen molar-refractivity contribution in [2.45, 2.75) is 32.5 Å². The maximum absolute atomic E-state index is 12.1. The van der Waals surface area contributed by atoms with Gasteiger partial charge in [0.15, 0.2) is 0 Å². The van der Waals surface area contributed by atoms with E-state index in [2.05, 4.69) is 19.9 Å². The van der Waals surface area contributed by atoms with Crippen molar-refractivity contribution >= 4 is 10.2 Å². The van der Waals surface area contributed by atoms with E-state index < -0.39 is 10.2 Å². The molecule has 8 nitrogen and oxygen atoms in total. The largest absolute Gasteiger partial charge is 0.373 e. The summed E-state index contributed by atoms with van der Waals surface area (Å²) >= 11 is 0. The summed E-state index contributed by atoms with van der Waals surface area (Å²) in [5.41, 5.74) is 0. The molecule has 1 aromatic heterocycles. The maximum atomic E-state index is 12.1. The zero-order valence-corrected chi connectivity index (χ0v) is 11.9. The van der Waals surface area contributed by atoms with Gasteiger partial charge in [-0.3, -0.25) is 5.10 Å². The van der Waals surface area contributed by atoms with Crippen LogP contribution < -0.4 is 4.72 Å². The minimum absolute atomic E-state index is 0.0883. The molecular weight excluding hydrogens is 270 g/mol. The Bertz CT molecular complexity index is 479. The number of H-pyrrole nitrogens is 1. The fourth-order valence-electron chi connectivity index (χ4n) is 2.07. The van der Waals surface area contributed by atoms with Crippen LogP contribution in [0.5, 0.6) is 0 Å². The van der Waals surface area contributed by atoms with Crippen LogP contribution in [0.4, 0.5) is 0 Å². The van der Waals surface area contributed by atoms with Gasteiger partial charge in [-0.05, 0) is 13.8 Å². The molecule has 0 amide bonds. The first kappa shape index (κ1) is 14.4. The van der Waals surface area contributed by atoms with Crippen LogP contribution in [-0.4, -0.2) is 59.7 Å². The lowest BCUT2D eigenvalue weighted by Gasteiger charge is -2.34. The first-order chi connectivity index (χ1) is 8.97. The number of nitrogens with zero attached hydrogens (tertiary/aromatic N) is 3. The van der Waals surface area contributed by atoms with Crippen LogP contribution in [0.2, 0.25) is 0 Å². The average molecular weight is 289 g/mol. The van der Waals surface area contributed by atoms with Crippen LogP contribution in [0.25, 0.3) is 0 Å². The molecule has 0 spiro atoms. The van der Waals surface area contributed by atoms with Gasteiger partial charge >= 0.3 is 0 Å². The number of aromatic nitrogens is 3. The number of morpholine rings is 1. The maximum Gasteiger partial charge on any atom is 0.279 e. The van der Waals surface area contributed by atoms with E-state index in [-0.39, 0.29) is 18.8 Å². The van der Waals surface area contributed by atoms with Crippen molar-refractivity contribution < 1.29 is 13.2 Å². The number of aromatic amines is 1. The summed E-state index contributed by atoms with van der Waals surface area (Å²) in [6, 6.07) is 0. The van der Waals surface area contributed by atoms with Crippen molar-refractivity contribution in [2.75, 3.05) is 19.6 Å². The molecule has 0 radical (unpaired) electrons. The first-order valence-corrected chi connectivity index (χ1v) is 7.66. The molecule has 0 saturated carbocycles. The van der Waals surface area contributed by atoms with E-state index in [0.29, 0.717) is 25.3 Å². The van der Waals surface area contributed by atoms with Crippen molar-refractivity contribution in [3.8, 4) is 0 Å². The van der Waals surface area contributed by atoms with Crippen molar-refractivity contribution in [3.05, 3.63) is 12.2 Å². The van der Waals surface area contributed by atoms with Gasteiger partial charge in [-0.2, -0.15) is 17.8 Å². The van der Waals surface area contributed by atoms with Crippen LogP contribution in [0.1, 0.15) is 19.7 Å². The summed E-state index contributed by atoms with van der Waals surface area (Å²) in [7, 11) is -3.46. The van der Waals surface area contributed by atoms with E-state index in [9.17, 15) is 8.42 Å². The molecule has 1 fully saturated rings. The molecule has 0 aliphatic carbocycles. The molecule has 1 aliphatic heterocycles. The van der Waals surface area contributed by atoms with Gasteiger partial charge in [0, 0.05) is 26.1 Å². The van der Waals surface area contributed by atoms with Crippen LogP contribution in [-0.2, 0) is 21.4 Å². The van der Waals surface area contributed by atoms with Gasteiger partial charge in [-0.15, -0.1) is 0 Å². The van der Waals surface area contributed by atoms with Crippen molar-refractivity contribution in [3.63, 3.8) is 0 Å². The summed E-state index contributed by atoms with van der Waals surface area (Å²) in [5, 5.41) is 6.39. The Morgan fingerprint density at radius 1 is 1.47 bits per heavy atom. The Morgan fingerprint density at radius 3 is 2.74 bits per heavy atom. The quantitative estimate of drug-likeness (QED) is 0.746. The van der Waals surface area contributed by atoms with Crippen LogP contribution in [0.3, 0.4) is 0 Å². The zero-order valence-electron chi connectivity index (χ0n) is 11.0. The number of hydrogen-bond donors (Lipinski definition) is 2. The summed E-state index contributed by atoms with van der Waals surface area (Å²) < 4.78 is 33.7. The highest BCUT2D eigenvalue weighted by molar-refractivity contribution is 7.87. The molecular formula is C10H19N5O3S. The monoisotopic (exact) mass is 289 g/mol. The topological polar surface area (TPSA) is 100 Å². The molecule has 2 unspecified atom stereocenters. The molecule has 108 valence electrons. The van der Waals surface area contributed by atoms with E-state index in [0.717, 1.165) is 0 Å². The second kappa shape index (κ2) is 5.95. The summed E-state index contributed by atoms with van der Waals surface area (Å²) in [6.07, 6.45) is 1.70. The zero-order chi connectivity index (χ0) is 13.9. The molecule has 1 aromatic rings. The molecule has 9 heteroatoms. The van der Waals surface area contributed by atoms with Gasteiger partial charge in [-0.1, -0.05) is 0 Å². The van der Waals surface area contributed by atoms with Crippen LogP contribution in [0.15, 0.2) is 6.33 Å². The van der Waals surface area contributed by atoms with Gasteiger partial charge < -0.3 is 4.74 Å². The molecule has 1 saturated heterocycles. The second-order valence-corrected chi connectivity index (χ2v) is 6.41. The summed E-state index contributed by atoms with van der Waals surface area (Å²) in [5.74, 6) is 0.659. The van der Waals surface area contributed by atoms with Crippen LogP contribution >= 0.6 is 0 Å². The molecule has 0 bridgehead atoms. The molecule has 1 aliphatic rings. The van der Waals surface area contributed by atoms with Crippen molar-refractivity contribution in [1.29, 1.82) is 0 Å². The summed E-state index contributed by atoms with van der Waals surface area (Å²) in [6.45, 7) is 4.78. The Hall–Kier alpha value is -1.03. The normalized spacial score (nSPS) is 25.6. The Kier molecular flexibility index (Phi) is 4.50. The minimum atomic E-state index is -3.46. The van der Waals surface area contributed by atoms with E-state index in [1.54, 1.807) is 0 Å². The second-order valence-electron chi connectivity index (χ2n) is 4.66.